The monoisotopic (exact) mass is 256 g/mol. The molecule has 1 rings (SSSR count). The average Bonchev–Trinajstić information content (AvgIpc) is 2.36. The largest absolute Gasteiger partial charge is 0.393 e. The molecule has 3 heteroatoms. The molecule has 0 aromatic heterocycles. The van der Waals surface area contributed by atoms with E-state index in [4.69, 9.17) is 0 Å². The highest BCUT2D eigenvalue weighted by molar-refractivity contribution is 4.82. The van der Waals surface area contributed by atoms with Crippen molar-refractivity contribution in [2.24, 2.45) is 5.92 Å². The van der Waals surface area contributed by atoms with E-state index in [1.54, 1.807) is 0 Å². The number of hydrogen-bond donors (Lipinski definition) is 2. The van der Waals surface area contributed by atoms with Crippen molar-refractivity contribution in [2.45, 2.75) is 70.6 Å². The van der Waals surface area contributed by atoms with Crippen LogP contribution in [-0.4, -0.2) is 48.8 Å². The third-order valence-corrected chi connectivity index (χ3v) is 4.57. The Morgan fingerprint density at radius 1 is 1.11 bits per heavy atom. The Hall–Kier alpha value is -0.120. The SMILES string of the molecule is CCC(CC)C(CNC1CCC(O)CC1)N(C)C. The molecule has 2 N–H and O–H groups in total. The first-order valence-corrected chi connectivity index (χ1v) is 7.66. The molecule has 1 aliphatic rings. The molecule has 0 aromatic carbocycles. The van der Waals surface area contributed by atoms with Crippen LogP contribution in [0.25, 0.3) is 0 Å². The number of aliphatic hydroxyl groups is 1. The summed E-state index contributed by atoms with van der Waals surface area (Å²) in [7, 11) is 4.38. The lowest BCUT2D eigenvalue weighted by Crippen LogP contribution is -2.46. The summed E-state index contributed by atoms with van der Waals surface area (Å²) in [6.07, 6.45) is 6.65. The van der Waals surface area contributed by atoms with Crippen molar-refractivity contribution in [1.29, 1.82) is 0 Å². The average molecular weight is 256 g/mol. The van der Waals surface area contributed by atoms with E-state index < -0.39 is 0 Å². The normalized spacial score (nSPS) is 26.8. The summed E-state index contributed by atoms with van der Waals surface area (Å²) in [5, 5.41) is 13.2. The first-order chi connectivity index (χ1) is 8.58. The highest BCUT2D eigenvalue weighted by atomic mass is 16.3. The van der Waals surface area contributed by atoms with Gasteiger partial charge in [0.2, 0.25) is 0 Å². The van der Waals surface area contributed by atoms with Crippen LogP contribution in [0.5, 0.6) is 0 Å². The van der Waals surface area contributed by atoms with Gasteiger partial charge < -0.3 is 15.3 Å². The molecule has 0 aliphatic heterocycles. The van der Waals surface area contributed by atoms with E-state index in [2.05, 4.69) is 38.2 Å². The van der Waals surface area contributed by atoms with Crippen molar-refractivity contribution in [3.8, 4) is 0 Å². The number of aliphatic hydroxyl groups excluding tert-OH is 1. The Labute approximate surface area is 113 Å². The Kier molecular flexibility index (Phi) is 7.20. The van der Waals surface area contributed by atoms with Crippen LogP contribution in [0.1, 0.15) is 52.4 Å². The van der Waals surface area contributed by atoms with Gasteiger partial charge in [-0.3, -0.25) is 0 Å². The van der Waals surface area contributed by atoms with Gasteiger partial charge in [0.1, 0.15) is 0 Å². The van der Waals surface area contributed by atoms with Gasteiger partial charge in [0.05, 0.1) is 6.10 Å². The molecule has 18 heavy (non-hydrogen) atoms. The van der Waals surface area contributed by atoms with Crippen LogP contribution in [0.2, 0.25) is 0 Å². The van der Waals surface area contributed by atoms with Crippen LogP contribution < -0.4 is 5.32 Å². The summed E-state index contributed by atoms with van der Waals surface area (Å²) >= 11 is 0. The predicted octanol–water partition coefficient (Wildman–Crippen LogP) is 2.25. The van der Waals surface area contributed by atoms with Gasteiger partial charge in [-0.2, -0.15) is 0 Å². The molecular formula is C15H32N2O. The van der Waals surface area contributed by atoms with Gasteiger partial charge in [-0.1, -0.05) is 26.7 Å². The lowest BCUT2D eigenvalue weighted by atomic mass is 9.90. The van der Waals surface area contributed by atoms with Crippen LogP contribution >= 0.6 is 0 Å². The summed E-state index contributed by atoms with van der Waals surface area (Å²) in [5.41, 5.74) is 0. The summed E-state index contributed by atoms with van der Waals surface area (Å²) in [5.74, 6) is 0.779. The van der Waals surface area contributed by atoms with E-state index >= 15 is 0 Å². The van der Waals surface area contributed by atoms with Crippen molar-refractivity contribution in [2.75, 3.05) is 20.6 Å². The summed E-state index contributed by atoms with van der Waals surface area (Å²) in [6, 6.07) is 1.25. The van der Waals surface area contributed by atoms with Crippen LogP contribution in [0.3, 0.4) is 0 Å². The topological polar surface area (TPSA) is 35.5 Å². The lowest BCUT2D eigenvalue weighted by molar-refractivity contribution is 0.112. The minimum absolute atomic E-state index is 0.0493. The van der Waals surface area contributed by atoms with Gasteiger partial charge in [0, 0.05) is 18.6 Å². The van der Waals surface area contributed by atoms with Gasteiger partial charge in [0.25, 0.3) is 0 Å². The summed E-state index contributed by atoms with van der Waals surface area (Å²) in [4.78, 5) is 2.36. The standard InChI is InChI=1S/C15H32N2O/c1-5-12(6-2)15(17(3)4)11-16-13-7-9-14(18)10-8-13/h12-16,18H,5-11H2,1-4H3. The van der Waals surface area contributed by atoms with Crippen molar-refractivity contribution in [3.05, 3.63) is 0 Å². The highest BCUT2D eigenvalue weighted by Crippen LogP contribution is 2.20. The first-order valence-electron chi connectivity index (χ1n) is 7.66. The van der Waals surface area contributed by atoms with Gasteiger partial charge >= 0.3 is 0 Å². The van der Waals surface area contributed by atoms with Crippen molar-refractivity contribution in [3.63, 3.8) is 0 Å². The Balaban J connectivity index is 2.37. The molecular weight excluding hydrogens is 224 g/mol. The highest BCUT2D eigenvalue weighted by Gasteiger charge is 2.23. The molecule has 0 spiro atoms. The maximum absolute atomic E-state index is 9.52. The van der Waals surface area contributed by atoms with E-state index in [0.29, 0.717) is 12.1 Å². The van der Waals surface area contributed by atoms with E-state index in [1.807, 2.05) is 0 Å². The first kappa shape index (κ1) is 15.9. The maximum atomic E-state index is 9.52. The third kappa shape index (κ3) is 4.87. The van der Waals surface area contributed by atoms with E-state index in [0.717, 1.165) is 38.1 Å². The van der Waals surface area contributed by atoms with Crippen LogP contribution in [-0.2, 0) is 0 Å². The zero-order valence-corrected chi connectivity index (χ0v) is 12.7. The van der Waals surface area contributed by atoms with Gasteiger partial charge in [-0.25, -0.2) is 0 Å². The molecule has 0 bridgehead atoms. The minimum atomic E-state index is -0.0493. The molecule has 1 unspecified atom stereocenters. The summed E-state index contributed by atoms with van der Waals surface area (Å²) < 4.78 is 0. The second-order valence-corrected chi connectivity index (χ2v) is 6.02. The molecule has 0 radical (unpaired) electrons. The van der Waals surface area contributed by atoms with Crippen molar-refractivity contribution in [1.82, 2.24) is 10.2 Å². The molecule has 1 aliphatic carbocycles. The Bertz CT molecular complexity index is 209. The predicted molar refractivity (Wildman–Crippen MR) is 77.8 cm³/mol. The molecule has 0 heterocycles. The van der Waals surface area contributed by atoms with Crippen LogP contribution in [0.4, 0.5) is 0 Å². The summed E-state index contributed by atoms with van der Waals surface area (Å²) in [6.45, 7) is 5.67. The third-order valence-electron chi connectivity index (χ3n) is 4.57. The maximum Gasteiger partial charge on any atom is 0.0541 e. The number of nitrogens with one attached hydrogen (secondary N) is 1. The van der Waals surface area contributed by atoms with Crippen molar-refractivity contribution >= 4 is 0 Å². The second kappa shape index (κ2) is 8.13. The fraction of sp³-hybridized carbons (Fsp3) is 1.00. The van der Waals surface area contributed by atoms with Crippen LogP contribution in [0, 0.1) is 5.92 Å². The molecule has 1 saturated carbocycles. The van der Waals surface area contributed by atoms with Gasteiger partial charge in [-0.05, 0) is 45.7 Å². The fourth-order valence-electron chi connectivity index (χ4n) is 3.17. The smallest absolute Gasteiger partial charge is 0.0541 e. The Morgan fingerprint density at radius 2 is 1.67 bits per heavy atom. The van der Waals surface area contributed by atoms with Gasteiger partial charge in [0.15, 0.2) is 0 Å². The van der Waals surface area contributed by atoms with E-state index in [1.165, 1.54) is 12.8 Å². The number of hydrogen-bond acceptors (Lipinski definition) is 3. The fourth-order valence-corrected chi connectivity index (χ4v) is 3.17. The number of nitrogens with zero attached hydrogens (tertiary/aromatic N) is 1. The lowest BCUT2D eigenvalue weighted by Gasteiger charge is -2.34. The zero-order valence-electron chi connectivity index (χ0n) is 12.7. The van der Waals surface area contributed by atoms with Crippen LogP contribution in [0.15, 0.2) is 0 Å². The molecule has 1 fully saturated rings. The zero-order chi connectivity index (χ0) is 13.5. The van der Waals surface area contributed by atoms with Gasteiger partial charge in [-0.15, -0.1) is 0 Å². The minimum Gasteiger partial charge on any atom is -0.393 e. The molecule has 108 valence electrons. The molecule has 3 nitrogen and oxygen atoms in total. The van der Waals surface area contributed by atoms with Crippen molar-refractivity contribution < 1.29 is 5.11 Å². The number of rotatable bonds is 7. The quantitative estimate of drug-likeness (QED) is 0.733. The Morgan fingerprint density at radius 3 is 2.11 bits per heavy atom. The second-order valence-electron chi connectivity index (χ2n) is 6.02. The molecule has 1 atom stereocenters. The van der Waals surface area contributed by atoms with E-state index in [-0.39, 0.29) is 6.10 Å². The molecule has 0 amide bonds. The number of likely N-dealkylation sites (N-methyl/N-ethyl adjacent to an activating group) is 1. The molecule has 0 aromatic rings. The van der Waals surface area contributed by atoms with E-state index in [9.17, 15) is 5.11 Å². The molecule has 0 saturated heterocycles.